The molecule has 0 bridgehead atoms. The van der Waals surface area contributed by atoms with E-state index >= 15 is 0 Å². The molecule has 29 heavy (non-hydrogen) atoms. The molecule has 1 heterocycles. The predicted octanol–water partition coefficient (Wildman–Crippen LogP) is 2.48. The summed E-state index contributed by atoms with van der Waals surface area (Å²) in [6.45, 7) is 4.29. The predicted molar refractivity (Wildman–Crippen MR) is 110 cm³/mol. The number of amides is 3. The molecule has 2 N–H and O–H groups in total. The lowest BCUT2D eigenvalue weighted by atomic mass is 10.1. The van der Waals surface area contributed by atoms with Gasteiger partial charge in [-0.05, 0) is 31.0 Å². The van der Waals surface area contributed by atoms with Crippen molar-refractivity contribution in [3.63, 3.8) is 0 Å². The minimum absolute atomic E-state index is 0.0246. The van der Waals surface area contributed by atoms with Crippen LogP contribution >= 0.6 is 0 Å². The molecule has 2 aromatic rings. The Morgan fingerprint density at radius 1 is 1.00 bits per heavy atom. The summed E-state index contributed by atoms with van der Waals surface area (Å²) in [5.41, 5.74) is 8.98. The van der Waals surface area contributed by atoms with Gasteiger partial charge >= 0.3 is 0 Å². The van der Waals surface area contributed by atoms with Crippen molar-refractivity contribution >= 4 is 23.4 Å². The third-order valence-electron chi connectivity index (χ3n) is 4.70. The smallest absolute Gasteiger partial charge is 0.269 e. The number of rotatable bonds is 5. The molecule has 150 valence electrons. The van der Waals surface area contributed by atoms with Gasteiger partial charge in [0.25, 0.3) is 5.91 Å². The van der Waals surface area contributed by atoms with Crippen LogP contribution in [0.4, 0.5) is 0 Å². The number of carbonyl (C=O) groups excluding carboxylic acids is 3. The van der Waals surface area contributed by atoms with Crippen LogP contribution in [-0.4, -0.2) is 35.0 Å². The third kappa shape index (κ3) is 5.28. The Bertz CT molecular complexity index is 954. The van der Waals surface area contributed by atoms with Crippen molar-refractivity contribution in [1.82, 2.24) is 15.9 Å². The Hall–Kier alpha value is -3.48. The van der Waals surface area contributed by atoms with Crippen molar-refractivity contribution in [1.29, 1.82) is 0 Å². The first-order chi connectivity index (χ1) is 13.9. The standard InChI is InChI=1S/C22H24N4O3/c1-15-8-9-18(16(2)14-15)22(29)24-23-20(27)10-11-21(28)26-13-12-19(25-26)17-6-4-3-5-7-17/h3-9,14H,10-13H2,1-2H3,(H,23,27)(H,24,29). The number of hydrazone groups is 1. The SMILES string of the molecule is Cc1ccc(C(=O)NNC(=O)CCC(=O)N2CCC(c3ccccc3)=N2)c(C)c1. The second-order valence-electron chi connectivity index (χ2n) is 7.00. The maximum atomic E-state index is 12.3. The van der Waals surface area contributed by atoms with Gasteiger partial charge in [0.15, 0.2) is 0 Å². The number of nitrogens with zero attached hydrogens (tertiary/aromatic N) is 2. The Morgan fingerprint density at radius 3 is 2.48 bits per heavy atom. The van der Waals surface area contributed by atoms with Crippen LogP contribution in [0.15, 0.2) is 53.6 Å². The van der Waals surface area contributed by atoms with Crippen LogP contribution in [0.2, 0.25) is 0 Å². The average Bonchev–Trinajstić information content (AvgIpc) is 3.21. The largest absolute Gasteiger partial charge is 0.273 e. The van der Waals surface area contributed by atoms with E-state index in [1.54, 1.807) is 6.07 Å². The third-order valence-corrected chi connectivity index (χ3v) is 4.70. The maximum absolute atomic E-state index is 12.3. The summed E-state index contributed by atoms with van der Waals surface area (Å²) < 4.78 is 0. The number of nitrogens with one attached hydrogen (secondary N) is 2. The summed E-state index contributed by atoms with van der Waals surface area (Å²) >= 11 is 0. The van der Waals surface area contributed by atoms with Gasteiger partial charge in [0.05, 0.1) is 12.3 Å². The number of aryl methyl sites for hydroxylation is 2. The second kappa shape index (κ2) is 9.14. The van der Waals surface area contributed by atoms with Crippen molar-refractivity contribution in [2.45, 2.75) is 33.1 Å². The fraction of sp³-hybridized carbons (Fsp3) is 0.273. The lowest BCUT2D eigenvalue weighted by Gasteiger charge is -2.12. The van der Waals surface area contributed by atoms with Gasteiger partial charge in [-0.15, -0.1) is 0 Å². The van der Waals surface area contributed by atoms with E-state index in [0.717, 1.165) is 22.4 Å². The van der Waals surface area contributed by atoms with Crippen LogP contribution in [0.25, 0.3) is 0 Å². The van der Waals surface area contributed by atoms with Gasteiger partial charge in [-0.25, -0.2) is 5.01 Å². The topological polar surface area (TPSA) is 90.9 Å². The molecule has 0 radical (unpaired) electrons. The molecule has 1 aliphatic rings. The van der Waals surface area contributed by atoms with Gasteiger partial charge < -0.3 is 0 Å². The molecule has 1 aliphatic heterocycles. The molecule has 0 atom stereocenters. The number of hydrogen-bond acceptors (Lipinski definition) is 4. The van der Waals surface area contributed by atoms with E-state index in [4.69, 9.17) is 0 Å². The van der Waals surface area contributed by atoms with E-state index in [9.17, 15) is 14.4 Å². The van der Waals surface area contributed by atoms with Crippen molar-refractivity contribution < 1.29 is 14.4 Å². The van der Waals surface area contributed by atoms with Crippen molar-refractivity contribution in [3.8, 4) is 0 Å². The first-order valence-electron chi connectivity index (χ1n) is 9.54. The Kier molecular flexibility index (Phi) is 6.39. The van der Waals surface area contributed by atoms with Crippen molar-refractivity contribution in [2.75, 3.05) is 6.54 Å². The molecule has 0 aliphatic carbocycles. The number of hydrazine groups is 1. The van der Waals surface area contributed by atoms with E-state index < -0.39 is 5.91 Å². The van der Waals surface area contributed by atoms with E-state index in [-0.39, 0.29) is 24.7 Å². The molecule has 0 saturated carbocycles. The van der Waals surface area contributed by atoms with Gasteiger partial charge in [0.2, 0.25) is 11.8 Å². The number of hydrogen-bond donors (Lipinski definition) is 2. The number of carbonyl (C=O) groups is 3. The fourth-order valence-corrected chi connectivity index (χ4v) is 3.14. The summed E-state index contributed by atoms with van der Waals surface area (Å²) in [4.78, 5) is 36.5. The first kappa shape index (κ1) is 20.3. The first-order valence-corrected chi connectivity index (χ1v) is 9.54. The van der Waals surface area contributed by atoms with Gasteiger partial charge in [-0.1, -0.05) is 48.0 Å². The summed E-state index contributed by atoms with van der Waals surface area (Å²) in [5.74, 6) is -1.03. The zero-order valence-corrected chi connectivity index (χ0v) is 16.6. The van der Waals surface area contributed by atoms with Crippen LogP contribution in [-0.2, 0) is 9.59 Å². The molecule has 0 saturated heterocycles. The summed E-state index contributed by atoms with van der Waals surface area (Å²) in [6, 6.07) is 15.2. The molecule has 3 rings (SSSR count). The lowest BCUT2D eigenvalue weighted by Crippen LogP contribution is -2.42. The van der Waals surface area contributed by atoms with Crippen LogP contribution in [0, 0.1) is 13.8 Å². The molecule has 0 spiro atoms. The molecule has 0 unspecified atom stereocenters. The number of benzene rings is 2. The summed E-state index contributed by atoms with van der Waals surface area (Å²) in [5, 5.41) is 5.77. The van der Waals surface area contributed by atoms with Gasteiger partial charge in [0.1, 0.15) is 0 Å². The average molecular weight is 392 g/mol. The highest BCUT2D eigenvalue weighted by Gasteiger charge is 2.22. The quantitative estimate of drug-likeness (QED) is 0.766. The molecule has 0 fully saturated rings. The van der Waals surface area contributed by atoms with Crippen LogP contribution < -0.4 is 10.9 Å². The van der Waals surface area contributed by atoms with Gasteiger partial charge in [0, 0.05) is 24.8 Å². The highest BCUT2D eigenvalue weighted by atomic mass is 16.2. The highest BCUT2D eigenvalue weighted by Crippen LogP contribution is 2.15. The monoisotopic (exact) mass is 392 g/mol. The minimum Gasteiger partial charge on any atom is -0.273 e. The minimum atomic E-state index is -0.428. The van der Waals surface area contributed by atoms with Gasteiger partial charge in [-0.2, -0.15) is 5.10 Å². The molecule has 7 heteroatoms. The normalized spacial score (nSPS) is 13.0. The molecule has 7 nitrogen and oxygen atoms in total. The maximum Gasteiger partial charge on any atom is 0.269 e. The van der Waals surface area contributed by atoms with E-state index in [0.29, 0.717) is 18.5 Å². The van der Waals surface area contributed by atoms with Crippen LogP contribution in [0.1, 0.15) is 46.3 Å². The Morgan fingerprint density at radius 2 is 1.76 bits per heavy atom. The summed E-state index contributed by atoms with van der Waals surface area (Å²) in [7, 11) is 0. The zero-order chi connectivity index (χ0) is 20.8. The second-order valence-corrected chi connectivity index (χ2v) is 7.00. The van der Waals surface area contributed by atoms with Crippen molar-refractivity contribution in [3.05, 3.63) is 70.8 Å². The highest BCUT2D eigenvalue weighted by molar-refractivity contribution is 6.02. The van der Waals surface area contributed by atoms with E-state index in [2.05, 4.69) is 16.0 Å². The lowest BCUT2D eigenvalue weighted by molar-refractivity contribution is -0.133. The molecule has 2 aromatic carbocycles. The van der Waals surface area contributed by atoms with Crippen molar-refractivity contribution in [2.24, 2.45) is 5.10 Å². The molecular weight excluding hydrogens is 368 g/mol. The van der Waals surface area contributed by atoms with Crippen LogP contribution in [0.3, 0.4) is 0 Å². The Labute approximate surface area is 169 Å². The molecule has 0 aromatic heterocycles. The van der Waals surface area contributed by atoms with E-state index in [1.807, 2.05) is 56.3 Å². The zero-order valence-electron chi connectivity index (χ0n) is 16.6. The van der Waals surface area contributed by atoms with E-state index in [1.165, 1.54) is 5.01 Å². The summed E-state index contributed by atoms with van der Waals surface area (Å²) in [6.07, 6.45) is 0.684. The molecular formula is C22H24N4O3. The Balaban J connectivity index is 1.45. The molecule has 3 amide bonds. The van der Waals surface area contributed by atoms with Crippen LogP contribution in [0.5, 0.6) is 0 Å². The van der Waals surface area contributed by atoms with Gasteiger partial charge in [-0.3, -0.25) is 25.2 Å². The fourth-order valence-electron chi connectivity index (χ4n) is 3.14.